The molecule has 0 saturated heterocycles. The lowest BCUT2D eigenvalue weighted by molar-refractivity contribution is 0.936. The number of hydrogen-bond donors (Lipinski definition) is 1. The second-order valence-electron chi connectivity index (χ2n) is 3.70. The summed E-state index contributed by atoms with van der Waals surface area (Å²) in [6.45, 7) is 5.61. The molecule has 1 aliphatic rings. The molecule has 1 aromatic rings. The monoisotopic (exact) mass is 186 g/mol. The smallest absolute Gasteiger partial charge is 0.258 e. The SMILES string of the molecule is [B]C1C(C)=C(C)c2c1nc(C)[nH]c2=O. The minimum atomic E-state index is -0.217. The van der Waals surface area contributed by atoms with Crippen LogP contribution in [0, 0.1) is 6.92 Å². The van der Waals surface area contributed by atoms with Crippen molar-refractivity contribution in [3.05, 3.63) is 33.0 Å². The minimum Gasteiger partial charge on any atom is -0.310 e. The summed E-state index contributed by atoms with van der Waals surface area (Å²) in [5, 5.41) is 0. The number of nitrogens with zero attached hydrogens (tertiary/aromatic N) is 1. The highest BCUT2D eigenvalue weighted by Gasteiger charge is 2.26. The zero-order valence-electron chi connectivity index (χ0n) is 8.51. The number of nitrogens with one attached hydrogen (secondary N) is 1. The van der Waals surface area contributed by atoms with Crippen LogP contribution in [0.15, 0.2) is 10.4 Å². The number of aryl methyl sites for hydroxylation is 1. The number of H-pyrrole nitrogens is 1. The lowest BCUT2D eigenvalue weighted by atomic mass is 9.81. The molecule has 2 radical (unpaired) electrons. The van der Waals surface area contributed by atoms with Crippen molar-refractivity contribution in [1.29, 1.82) is 0 Å². The Bertz CT molecular complexity index is 487. The molecule has 70 valence electrons. The summed E-state index contributed by atoms with van der Waals surface area (Å²) >= 11 is 0. The Morgan fingerprint density at radius 3 is 2.64 bits per heavy atom. The average molecular weight is 186 g/mol. The maximum absolute atomic E-state index is 11.6. The Balaban J connectivity index is 2.80. The van der Waals surface area contributed by atoms with E-state index in [1.165, 1.54) is 0 Å². The third-order valence-corrected chi connectivity index (χ3v) is 2.79. The van der Waals surface area contributed by atoms with E-state index in [0.29, 0.717) is 17.1 Å². The number of allylic oxidation sites excluding steroid dienone is 2. The van der Waals surface area contributed by atoms with Crippen LogP contribution >= 0.6 is 0 Å². The van der Waals surface area contributed by atoms with Crippen molar-refractivity contribution in [3.63, 3.8) is 0 Å². The largest absolute Gasteiger partial charge is 0.310 e. The van der Waals surface area contributed by atoms with Crippen LogP contribution < -0.4 is 5.56 Å². The molecule has 0 spiro atoms. The van der Waals surface area contributed by atoms with E-state index < -0.39 is 0 Å². The Hall–Kier alpha value is -1.32. The van der Waals surface area contributed by atoms with Crippen molar-refractivity contribution in [3.8, 4) is 0 Å². The molecule has 0 aromatic carbocycles. The predicted molar refractivity (Wildman–Crippen MR) is 56.4 cm³/mol. The first-order valence-corrected chi connectivity index (χ1v) is 4.56. The minimum absolute atomic E-state index is 0.0858. The Morgan fingerprint density at radius 1 is 1.36 bits per heavy atom. The van der Waals surface area contributed by atoms with Crippen LogP contribution in [0.1, 0.15) is 36.7 Å². The molecule has 1 N–H and O–H groups in total. The van der Waals surface area contributed by atoms with E-state index in [-0.39, 0.29) is 11.4 Å². The maximum atomic E-state index is 11.6. The molecule has 0 bridgehead atoms. The van der Waals surface area contributed by atoms with Crippen LogP contribution in [0.2, 0.25) is 0 Å². The van der Waals surface area contributed by atoms with E-state index in [0.717, 1.165) is 11.1 Å². The fourth-order valence-corrected chi connectivity index (χ4v) is 1.83. The molecule has 1 atom stereocenters. The van der Waals surface area contributed by atoms with Crippen molar-refractivity contribution < 1.29 is 0 Å². The highest BCUT2D eigenvalue weighted by Crippen LogP contribution is 2.35. The van der Waals surface area contributed by atoms with E-state index in [4.69, 9.17) is 7.85 Å². The molecule has 0 fully saturated rings. The molecule has 14 heavy (non-hydrogen) atoms. The molecule has 3 nitrogen and oxygen atoms in total. The highest BCUT2D eigenvalue weighted by atomic mass is 16.1. The van der Waals surface area contributed by atoms with Crippen LogP contribution in [-0.2, 0) is 0 Å². The van der Waals surface area contributed by atoms with E-state index in [9.17, 15) is 4.79 Å². The summed E-state index contributed by atoms with van der Waals surface area (Å²) in [7, 11) is 5.94. The summed E-state index contributed by atoms with van der Waals surface area (Å²) in [5.41, 5.74) is 3.27. The van der Waals surface area contributed by atoms with Crippen molar-refractivity contribution in [2.75, 3.05) is 0 Å². The van der Waals surface area contributed by atoms with Crippen molar-refractivity contribution in [2.45, 2.75) is 26.6 Å². The van der Waals surface area contributed by atoms with Gasteiger partial charge < -0.3 is 4.98 Å². The first-order valence-electron chi connectivity index (χ1n) is 4.56. The van der Waals surface area contributed by atoms with Crippen LogP contribution in [0.25, 0.3) is 5.57 Å². The van der Waals surface area contributed by atoms with Gasteiger partial charge in [0, 0.05) is 0 Å². The van der Waals surface area contributed by atoms with Gasteiger partial charge in [-0.1, -0.05) is 5.57 Å². The highest BCUT2D eigenvalue weighted by molar-refractivity contribution is 6.16. The number of aromatic amines is 1. The fraction of sp³-hybridized carbons (Fsp3) is 0.400. The van der Waals surface area contributed by atoms with Crippen LogP contribution in [-0.4, -0.2) is 17.8 Å². The molecule has 1 unspecified atom stereocenters. The maximum Gasteiger partial charge on any atom is 0.258 e. The van der Waals surface area contributed by atoms with Gasteiger partial charge in [0.15, 0.2) is 0 Å². The van der Waals surface area contributed by atoms with Gasteiger partial charge in [0.05, 0.1) is 19.1 Å². The van der Waals surface area contributed by atoms with Gasteiger partial charge in [0.1, 0.15) is 5.82 Å². The average Bonchev–Trinajstić information content (AvgIpc) is 2.31. The lowest BCUT2D eigenvalue weighted by Gasteiger charge is -2.06. The molecule has 1 aromatic heterocycles. The van der Waals surface area contributed by atoms with E-state index in [2.05, 4.69) is 9.97 Å². The van der Waals surface area contributed by atoms with Gasteiger partial charge in [-0.2, -0.15) is 0 Å². The lowest BCUT2D eigenvalue weighted by Crippen LogP contribution is -2.16. The summed E-state index contributed by atoms with van der Waals surface area (Å²) in [4.78, 5) is 18.6. The molecular formula is C10H11BN2O. The topological polar surface area (TPSA) is 45.8 Å². The third-order valence-electron chi connectivity index (χ3n) is 2.79. The second kappa shape index (κ2) is 2.84. The molecular weight excluding hydrogens is 175 g/mol. The van der Waals surface area contributed by atoms with Gasteiger partial charge in [0.25, 0.3) is 5.56 Å². The third kappa shape index (κ3) is 1.06. The summed E-state index contributed by atoms with van der Waals surface area (Å²) in [5.74, 6) is 0.401. The van der Waals surface area contributed by atoms with E-state index in [1.54, 1.807) is 6.92 Å². The predicted octanol–water partition coefficient (Wildman–Crippen LogP) is 1.09. The number of rotatable bonds is 0. The summed E-state index contributed by atoms with van der Waals surface area (Å²) in [6, 6.07) is 0. The summed E-state index contributed by atoms with van der Waals surface area (Å²) in [6.07, 6.45) is 0. The van der Waals surface area contributed by atoms with Gasteiger partial charge in [-0.05, 0) is 32.2 Å². The zero-order valence-corrected chi connectivity index (χ0v) is 8.51. The van der Waals surface area contributed by atoms with Gasteiger partial charge >= 0.3 is 0 Å². The number of fused-ring (bicyclic) bond motifs is 1. The Labute approximate surface area is 83.7 Å². The molecule has 4 heteroatoms. The first kappa shape index (κ1) is 9.25. The molecule has 0 amide bonds. The quantitative estimate of drug-likeness (QED) is 0.616. The van der Waals surface area contributed by atoms with E-state index >= 15 is 0 Å². The molecule has 0 saturated carbocycles. The molecule has 1 aliphatic carbocycles. The van der Waals surface area contributed by atoms with Crippen LogP contribution in [0.5, 0.6) is 0 Å². The molecule has 1 heterocycles. The summed E-state index contributed by atoms with van der Waals surface area (Å²) < 4.78 is 0. The normalized spacial score (nSPS) is 20.1. The fourth-order valence-electron chi connectivity index (χ4n) is 1.83. The number of hydrogen-bond acceptors (Lipinski definition) is 2. The van der Waals surface area contributed by atoms with Gasteiger partial charge in [-0.15, -0.1) is 0 Å². The van der Waals surface area contributed by atoms with Gasteiger partial charge in [-0.3, -0.25) is 4.79 Å². The Morgan fingerprint density at radius 2 is 2.00 bits per heavy atom. The molecule has 0 aliphatic heterocycles. The second-order valence-corrected chi connectivity index (χ2v) is 3.70. The van der Waals surface area contributed by atoms with Crippen LogP contribution in [0.3, 0.4) is 0 Å². The Kier molecular flexibility index (Phi) is 1.87. The van der Waals surface area contributed by atoms with Crippen LogP contribution in [0.4, 0.5) is 0 Å². The first-order chi connectivity index (χ1) is 6.52. The van der Waals surface area contributed by atoms with Crippen molar-refractivity contribution in [1.82, 2.24) is 9.97 Å². The standard InChI is InChI=1S/C10H11BN2O/c1-4-5(2)8(11)9-7(4)10(14)13-6(3)12-9/h8H,1-3H3,(H,12,13,14). The van der Waals surface area contributed by atoms with Gasteiger partial charge in [-0.25, -0.2) is 4.98 Å². The zero-order chi connectivity index (χ0) is 10.5. The van der Waals surface area contributed by atoms with Crippen molar-refractivity contribution >= 4 is 13.4 Å². The molecule has 2 rings (SSSR count). The van der Waals surface area contributed by atoms with Crippen molar-refractivity contribution in [2.24, 2.45) is 0 Å². The van der Waals surface area contributed by atoms with Gasteiger partial charge in [0.2, 0.25) is 0 Å². The van der Waals surface area contributed by atoms with E-state index in [1.807, 2.05) is 13.8 Å². The number of aromatic nitrogens is 2.